The van der Waals surface area contributed by atoms with Crippen LogP contribution >= 0.6 is 0 Å². The Hall–Kier alpha value is -2.20. The summed E-state index contributed by atoms with van der Waals surface area (Å²) in [5.41, 5.74) is 1.26. The summed E-state index contributed by atoms with van der Waals surface area (Å²) in [5.74, 6) is 0. The number of benzene rings is 1. The lowest BCUT2D eigenvalue weighted by atomic mass is 10.3. The van der Waals surface area contributed by atoms with Crippen molar-refractivity contribution in [1.82, 2.24) is 29.9 Å². The van der Waals surface area contributed by atoms with Crippen LogP contribution in [0.4, 0.5) is 4.79 Å². The van der Waals surface area contributed by atoms with Crippen LogP contribution in [0.2, 0.25) is 0 Å². The van der Waals surface area contributed by atoms with Gasteiger partial charge in [-0.15, -0.1) is 5.10 Å². The zero-order chi connectivity index (χ0) is 19.4. The van der Waals surface area contributed by atoms with E-state index in [1.54, 1.807) is 22.9 Å². The molecule has 0 radical (unpaired) electrons. The quantitative estimate of drug-likeness (QED) is 0.736. The van der Waals surface area contributed by atoms with Crippen molar-refractivity contribution in [2.75, 3.05) is 19.6 Å². The summed E-state index contributed by atoms with van der Waals surface area (Å²) in [5, 5.41) is 13.8. The number of sulfonamides is 1. The van der Waals surface area contributed by atoms with Crippen molar-refractivity contribution in [2.45, 2.75) is 50.6 Å². The van der Waals surface area contributed by atoms with Crippen LogP contribution in [0.5, 0.6) is 0 Å². The lowest BCUT2D eigenvalue weighted by Gasteiger charge is -2.15. The van der Waals surface area contributed by atoms with E-state index in [9.17, 15) is 13.2 Å². The molecule has 1 unspecified atom stereocenters. The minimum absolute atomic E-state index is 0.119. The molecule has 1 saturated heterocycles. The smallest absolute Gasteiger partial charge is 0.315 e. The number of hydrogen-bond acceptors (Lipinski definition) is 5. The summed E-state index contributed by atoms with van der Waals surface area (Å²) >= 11 is 0. The molecule has 1 atom stereocenters. The molecule has 2 amide bonds. The third kappa shape index (κ3) is 4.38. The topological polar surface area (TPSA) is 109 Å². The van der Waals surface area contributed by atoms with Crippen LogP contribution in [0, 0.1) is 0 Å². The van der Waals surface area contributed by atoms with Crippen molar-refractivity contribution in [3.05, 3.63) is 18.2 Å². The number of urea groups is 1. The monoisotopic (exact) mass is 394 g/mol. The van der Waals surface area contributed by atoms with Crippen LogP contribution in [0.25, 0.3) is 11.0 Å². The third-order valence-corrected chi connectivity index (χ3v) is 6.68. The van der Waals surface area contributed by atoms with Gasteiger partial charge in [0.15, 0.2) is 0 Å². The van der Waals surface area contributed by atoms with Crippen LogP contribution < -0.4 is 10.6 Å². The summed E-state index contributed by atoms with van der Waals surface area (Å²) in [6.07, 6.45) is 2.66. The molecule has 2 heterocycles. The van der Waals surface area contributed by atoms with Crippen LogP contribution in [0.15, 0.2) is 23.1 Å². The van der Waals surface area contributed by atoms with Crippen molar-refractivity contribution in [2.24, 2.45) is 0 Å². The highest BCUT2D eigenvalue weighted by atomic mass is 32.2. The molecule has 9 nitrogen and oxygen atoms in total. The molecule has 0 bridgehead atoms. The second kappa shape index (κ2) is 8.22. The second-order valence-corrected chi connectivity index (χ2v) is 8.72. The van der Waals surface area contributed by atoms with E-state index in [-0.39, 0.29) is 17.0 Å². The Morgan fingerprint density at radius 1 is 1.30 bits per heavy atom. The fourth-order valence-corrected chi connectivity index (χ4v) is 4.54. The zero-order valence-electron chi connectivity index (χ0n) is 15.7. The van der Waals surface area contributed by atoms with Gasteiger partial charge in [-0.3, -0.25) is 0 Å². The molecule has 1 aliphatic rings. The maximum absolute atomic E-state index is 12.7. The Morgan fingerprint density at radius 2 is 2.04 bits per heavy atom. The summed E-state index contributed by atoms with van der Waals surface area (Å²) in [6.45, 7) is 5.93. The van der Waals surface area contributed by atoms with Gasteiger partial charge in [0, 0.05) is 25.7 Å². The predicted octanol–water partition coefficient (Wildman–Crippen LogP) is 1.31. The predicted molar refractivity (Wildman–Crippen MR) is 102 cm³/mol. The summed E-state index contributed by atoms with van der Waals surface area (Å²) in [4.78, 5) is 12.0. The molecule has 27 heavy (non-hydrogen) atoms. The highest BCUT2D eigenvalue weighted by Crippen LogP contribution is 2.23. The lowest BCUT2D eigenvalue weighted by molar-refractivity contribution is 0.237. The first-order valence-corrected chi connectivity index (χ1v) is 10.7. The highest BCUT2D eigenvalue weighted by molar-refractivity contribution is 7.89. The van der Waals surface area contributed by atoms with Crippen LogP contribution in [0.3, 0.4) is 0 Å². The van der Waals surface area contributed by atoms with Gasteiger partial charge in [-0.05, 0) is 44.4 Å². The van der Waals surface area contributed by atoms with E-state index in [1.165, 1.54) is 4.31 Å². The Bertz CT molecular complexity index is 905. The number of nitrogens with one attached hydrogen (secondary N) is 2. The van der Waals surface area contributed by atoms with E-state index in [0.29, 0.717) is 31.7 Å². The lowest BCUT2D eigenvalue weighted by Crippen LogP contribution is -2.41. The van der Waals surface area contributed by atoms with Gasteiger partial charge in [0.05, 0.1) is 17.0 Å². The SMILES string of the molecule is CCC(C)NC(=O)NCCn1nnc2cc(S(=O)(=O)N3CCCC3)ccc21. The Morgan fingerprint density at radius 3 is 2.74 bits per heavy atom. The Balaban J connectivity index is 1.66. The largest absolute Gasteiger partial charge is 0.336 e. The molecule has 1 aliphatic heterocycles. The average Bonchev–Trinajstić information content (AvgIpc) is 3.31. The van der Waals surface area contributed by atoms with Gasteiger partial charge in [-0.25, -0.2) is 17.9 Å². The van der Waals surface area contributed by atoms with Crippen molar-refractivity contribution in [3.63, 3.8) is 0 Å². The Kier molecular flexibility index (Phi) is 5.95. The van der Waals surface area contributed by atoms with Crippen LogP contribution in [-0.2, 0) is 16.6 Å². The molecule has 3 rings (SSSR count). The molecule has 10 heteroatoms. The molecular formula is C17H26N6O3S. The third-order valence-electron chi connectivity index (χ3n) is 4.79. The molecular weight excluding hydrogens is 368 g/mol. The van der Waals surface area contributed by atoms with Crippen molar-refractivity contribution >= 4 is 27.1 Å². The van der Waals surface area contributed by atoms with E-state index >= 15 is 0 Å². The minimum atomic E-state index is -3.47. The van der Waals surface area contributed by atoms with Crippen molar-refractivity contribution < 1.29 is 13.2 Å². The summed E-state index contributed by atoms with van der Waals surface area (Å²) in [7, 11) is -3.47. The fraction of sp³-hybridized carbons (Fsp3) is 0.588. The number of carbonyl (C=O) groups excluding carboxylic acids is 1. The maximum Gasteiger partial charge on any atom is 0.315 e. The van der Waals surface area contributed by atoms with Crippen LogP contribution in [0.1, 0.15) is 33.1 Å². The van der Waals surface area contributed by atoms with E-state index in [0.717, 1.165) is 24.8 Å². The molecule has 0 saturated carbocycles. The number of amides is 2. The van der Waals surface area contributed by atoms with E-state index in [1.807, 2.05) is 13.8 Å². The molecule has 2 N–H and O–H groups in total. The van der Waals surface area contributed by atoms with Gasteiger partial charge in [-0.2, -0.15) is 4.31 Å². The molecule has 148 valence electrons. The van der Waals surface area contributed by atoms with Gasteiger partial charge < -0.3 is 10.6 Å². The van der Waals surface area contributed by atoms with Gasteiger partial charge in [-0.1, -0.05) is 12.1 Å². The van der Waals surface area contributed by atoms with E-state index in [2.05, 4.69) is 20.9 Å². The fourth-order valence-electron chi connectivity index (χ4n) is 3.01. The van der Waals surface area contributed by atoms with Crippen molar-refractivity contribution in [3.8, 4) is 0 Å². The summed E-state index contributed by atoms with van der Waals surface area (Å²) in [6, 6.07) is 4.78. The Labute approximate surface area is 159 Å². The zero-order valence-corrected chi connectivity index (χ0v) is 16.5. The molecule has 1 aromatic carbocycles. The standard InChI is InChI=1S/C17H26N6O3S/c1-3-13(2)19-17(24)18-8-11-23-16-7-6-14(12-15(16)20-21-23)27(25,26)22-9-4-5-10-22/h6-7,12-13H,3-5,8-11H2,1-2H3,(H2,18,19,24). The molecule has 2 aromatic rings. The maximum atomic E-state index is 12.7. The molecule has 1 aromatic heterocycles. The number of nitrogens with zero attached hydrogens (tertiary/aromatic N) is 4. The number of hydrogen-bond donors (Lipinski definition) is 2. The van der Waals surface area contributed by atoms with Gasteiger partial charge in [0.1, 0.15) is 5.52 Å². The number of rotatable bonds is 7. The summed E-state index contributed by atoms with van der Waals surface area (Å²) < 4.78 is 28.5. The molecule has 0 aliphatic carbocycles. The van der Waals surface area contributed by atoms with Gasteiger partial charge >= 0.3 is 6.03 Å². The number of fused-ring (bicyclic) bond motifs is 1. The molecule has 0 spiro atoms. The first-order valence-electron chi connectivity index (χ1n) is 9.29. The van der Waals surface area contributed by atoms with E-state index in [4.69, 9.17) is 0 Å². The van der Waals surface area contributed by atoms with Crippen LogP contribution in [-0.4, -0.2) is 59.4 Å². The van der Waals surface area contributed by atoms with Crippen molar-refractivity contribution in [1.29, 1.82) is 0 Å². The first kappa shape index (κ1) is 19.6. The second-order valence-electron chi connectivity index (χ2n) is 6.78. The number of carbonyl (C=O) groups is 1. The minimum Gasteiger partial charge on any atom is -0.336 e. The highest BCUT2D eigenvalue weighted by Gasteiger charge is 2.27. The van der Waals surface area contributed by atoms with Gasteiger partial charge in [0.2, 0.25) is 10.0 Å². The number of aromatic nitrogens is 3. The normalized spacial score (nSPS) is 16.5. The molecule has 1 fully saturated rings. The van der Waals surface area contributed by atoms with Gasteiger partial charge in [0.25, 0.3) is 0 Å². The van der Waals surface area contributed by atoms with E-state index < -0.39 is 10.0 Å². The first-order chi connectivity index (χ1) is 12.9. The average molecular weight is 395 g/mol.